The van der Waals surface area contributed by atoms with Crippen LogP contribution in [-0.4, -0.2) is 25.1 Å². The van der Waals surface area contributed by atoms with Crippen LogP contribution < -0.4 is 10.2 Å². The van der Waals surface area contributed by atoms with Gasteiger partial charge in [-0.25, -0.2) is 0 Å². The second kappa shape index (κ2) is 5.49. The van der Waals surface area contributed by atoms with Gasteiger partial charge in [0.2, 0.25) is 0 Å². The molecule has 0 aliphatic heterocycles. The molecule has 3 rings (SSSR count). The molecule has 2 aliphatic rings. The first-order chi connectivity index (χ1) is 9.26. The summed E-state index contributed by atoms with van der Waals surface area (Å²) in [5, 5.41) is 3.24. The van der Waals surface area contributed by atoms with E-state index in [-0.39, 0.29) is 0 Å². The Balaban J connectivity index is 1.68. The Hall–Kier alpha value is -1.09. The summed E-state index contributed by atoms with van der Waals surface area (Å²) in [5.41, 5.74) is 2.44. The van der Waals surface area contributed by atoms with Gasteiger partial charge < -0.3 is 10.2 Å². The Bertz CT molecular complexity index is 393. The van der Waals surface area contributed by atoms with Crippen LogP contribution in [0.5, 0.6) is 0 Å². The largest absolute Gasteiger partial charge is 0.370 e. The molecule has 0 saturated heterocycles. The van der Waals surface area contributed by atoms with E-state index in [1.165, 1.54) is 44.5 Å². The average Bonchev–Trinajstić information content (AvgIpc) is 3.32. The molecule has 0 amide bonds. The van der Waals surface area contributed by atoms with Gasteiger partial charge in [0.15, 0.2) is 0 Å². The lowest BCUT2D eigenvalue weighted by Crippen LogP contribution is -2.28. The number of aromatic nitrogens is 1. The highest BCUT2D eigenvalue weighted by Gasteiger charge is 2.29. The monoisotopic (exact) mass is 259 g/mol. The minimum absolute atomic E-state index is 0.328. The topological polar surface area (TPSA) is 28.2 Å². The van der Waals surface area contributed by atoms with E-state index in [9.17, 15) is 0 Å². The van der Waals surface area contributed by atoms with Crippen LogP contribution in [0.4, 0.5) is 5.69 Å². The Labute approximate surface area is 116 Å². The van der Waals surface area contributed by atoms with Crippen LogP contribution in [0.1, 0.15) is 44.3 Å². The summed E-state index contributed by atoms with van der Waals surface area (Å²) in [6.45, 7) is 4.62. The number of anilines is 1. The number of hydrogen-bond acceptors (Lipinski definition) is 3. The molecule has 1 aromatic heterocycles. The molecule has 1 heterocycles. The lowest BCUT2D eigenvalue weighted by molar-refractivity contribution is 0.631. The average molecular weight is 259 g/mol. The minimum Gasteiger partial charge on any atom is -0.370 e. The van der Waals surface area contributed by atoms with E-state index in [2.05, 4.69) is 40.5 Å². The van der Waals surface area contributed by atoms with E-state index < -0.39 is 0 Å². The highest BCUT2D eigenvalue weighted by Crippen LogP contribution is 2.35. The zero-order valence-corrected chi connectivity index (χ0v) is 12.1. The maximum Gasteiger partial charge on any atom is 0.0571 e. The summed E-state index contributed by atoms with van der Waals surface area (Å²) in [6.07, 6.45) is 7.74. The molecule has 0 bridgehead atoms. The smallest absolute Gasteiger partial charge is 0.0571 e. The summed E-state index contributed by atoms with van der Waals surface area (Å²) >= 11 is 0. The van der Waals surface area contributed by atoms with Gasteiger partial charge in [-0.2, -0.15) is 0 Å². The fourth-order valence-corrected chi connectivity index (χ4v) is 2.50. The molecule has 0 radical (unpaired) electrons. The van der Waals surface area contributed by atoms with Gasteiger partial charge in [-0.3, -0.25) is 4.98 Å². The number of nitrogens with zero attached hydrogens (tertiary/aromatic N) is 2. The van der Waals surface area contributed by atoms with E-state index in [0.717, 1.165) is 17.5 Å². The summed E-state index contributed by atoms with van der Waals surface area (Å²) in [7, 11) is 1.98. The van der Waals surface area contributed by atoms with Crippen molar-refractivity contribution in [3.63, 3.8) is 0 Å². The fourth-order valence-electron chi connectivity index (χ4n) is 2.50. The van der Waals surface area contributed by atoms with Crippen LogP contribution in [0.2, 0.25) is 0 Å². The number of nitrogens with one attached hydrogen (secondary N) is 1. The second-order valence-corrected chi connectivity index (χ2v) is 6.24. The molecule has 3 heteroatoms. The van der Waals surface area contributed by atoms with Gasteiger partial charge in [-0.1, -0.05) is 0 Å². The lowest BCUT2D eigenvalue weighted by Gasteiger charge is -2.25. The van der Waals surface area contributed by atoms with Gasteiger partial charge in [-0.05, 0) is 63.6 Å². The molecule has 1 aromatic rings. The number of rotatable bonds is 7. The molecule has 3 nitrogen and oxygen atoms in total. The molecule has 1 atom stereocenters. The number of hydrogen-bond donors (Lipinski definition) is 1. The van der Waals surface area contributed by atoms with E-state index in [1.807, 2.05) is 7.05 Å². The van der Waals surface area contributed by atoms with Gasteiger partial charge >= 0.3 is 0 Å². The molecule has 0 aromatic carbocycles. The van der Waals surface area contributed by atoms with Gasteiger partial charge in [0, 0.05) is 19.1 Å². The third kappa shape index (κ3) is 3.47. The Morgan fingerprint density at radius 3 is 2.26 bits per heavy atom. The zero-order valence-electron chi connectivity index (χ0n) is 12.1. The zero-order chi connectivity index (χ0) is 13.2. The van der Waals surface area contributed by atoms with Crippen molar-refractivity contribution in [1.29, 1.82) is 0 Å². The maximum atomic E-state index is 4.62. The van der Waals surface area contributed by atoms with Gasteiger partial charge in [0.1, 0.15) is 0 Å². The molecule has 0 spiro atoms. The van der Waals surface area contributed by atoms with E-state index >= 15 is 0 Å². The first-order valence-electron chi connectivity index (χ1n) is 7.64. The third-order valence-corrected chi connectivity index (χ3v) is 4.36. The van der Waals surface area contributed by atoms with Crippen LogP contribution in [0.25, 0.3) is 0 Å². The Morgan fingerprint density at radius 1 is 1.21 bits per heavy atom. The van der Waals surface area contributed by atoms with Crippen LogP contribution >= 0.6 is 0 Å². The standard InChI is InChI=1S/C16H25N3/c1-12(17-2)16-8-7-15(9-18-16)19(10-13-3-4-13)11-14-5-6-14/h7-9,12-14,17H,3-6,10-11H2,1-2H3. The molecule has 2 aliphatic carbocycles. The van der Waals surface area contributed by atoms with Crippen molar-refractivity contribution in [2.75, 3.05) is 25.0 Å². The van der Waals surface area contributed by atoms with Gasteiger partial charge in [-0.15, -0.1) is 0 Å². The molecule has 104 valence electrons. The van der Waals surface area contributed by atoms with Crippen LogP contribution in [0.15, 0.2) is 18.3 Å². The molecule has 1 unspecified atom stereocenters. The van der Waals surface area contributed by atoms with Crippen molar-refractivity contribution in [2.45, 2.75) is 38.6 Å². The summed E-state index contributed by atoms with van der Waals surface area (Å²) in [6, 6.07) is 4.75. The van der Waals surface area contributed by atoms with Crippen LogP contribution in [-0.2, 0) is 0 Å². The van der Waals surface area contributed by atoms with E-state index in [4.69, 9.17) is 0 Å². The highest BCUT2D eigenvalue weighted by atomic mass is 15.1. The SMILES string of the molecule is CNC(C)c1ccc(N(CC2CC2)CC2CC2)cn1. The van der Waals surface area contributed by atoms with Crippen LogP contribution in [0.3, 0.4) is 0 Å². The first kappa shape index (κ1) is 12.9. The van der Waals surface area contributed by atoms with Crippen molar-refractivity contribution in [1.82, 2.24) is 10.3 Å². The Kier molecular flexibility index (Phi) is 3.74. The summed E-state index contributed by atoms with van der Waals surface area (Å²) < 4.78 is 0. The molecule has 2 saturated carbocycles. The van der Waals surface area contributed by atoms with Crippen molar-refractivity contribution in [3.8, 4) is 0 Å². The van der Waals surface area contributed by atoms with Crippen molar-refractivity contribution >= 4 is 5.69 Å². The molecular formula is C16H25N3. The predicted molar refractivity (Wildman–Crippen MR) is 79.4 cm³/mol. The van der Waals surface area contributed by atoms with Crippen molar-refractivity contribution < 1.29 is 0 Å². The van der Waals surface area contributed by atoms with Crippen molar-refractivity contribution in [3.05, 3.63) is 24.0 Å². The lowest BCUT2D eigenvalue weighted by atomic mass is 10.2. The molecule has 2 fully saturated rings. The van der Waals surface area contributed by atoms with E-state index in [0.29, 0.717) is 6.04 Å². The van der Waals surface area contributed by atoms with Gasteiger partial charge in [0.05, 0.1) is 17.6 Å². The van der Waals surface area contributed by atoms with Crippen LogP contribution in [0, 0.1) is 11.8 Å². The third-order valence-electron chi connectivity index (χ3n) is 4.36. The second-order valence-electron chi connectivity index (χ2n) is 6.24. The molecule has 19 heavy (non-hydrogen) atoms. The first-order valence-corrected chi connectivity index (χ1v) is 7.64. The molecule has 1 N–H and O–H groups in total. The summed E-state index contributed by atoms with van der Waals surface area (Å²) in [4.78, 5) is 7.19. The van der Waals surface area contributed by atoms with E-state index in [1.54, 1.807) is 0 Å². The fraction of sp³-hybridized carbons (Fsp3) is 0.688. The highest BCUT2D eigenvalue weighted by molar-refractivity contribution is 5.45. The number of pyridine rings is 1. The maximum absolute atomic E-state index is 4.62. The van der Waals surface area contributed by atoms with Gasteiger partial charge in [0.25, 0.3) is 0 Å². The molecular weight excluding hydrogens is 234 g/mol. The summed E-state index contributed by atoms with van der Waals surface area (Å²) in [5.74, 6) is 1.88. The Morgan fingerprint density at radius 2 is 1.84 bits per heavy atom. The minimum atomic E-state index is 0.328. The predicted octanol–water partition coefficient (Wildman–Crippen LogP) is 2.99. The quantitative estimate of drug-likeness (QED) is 0.816. The van der Waals surface area contributed by atoms with Crippen molar-refractivity contribution in [2.24, 2.45) is 11.8 Å². The normalized spacial score (nSPS) is 20.3.